The minimum absolute atomic E-state index is 0.0983. The quantitative estimate of drug-likeness (QED) is 0.821. The Bertz CT molecular complexity index is 816. The summed E-state index contributed by atoms with van der Waals surface area (Å²) >= 11 is 0. The van der Waals surface area contributed by atoms with Gasteiger partial charge in [0, 0.05) is 29.5 Å². The molecule has 0 radical (unpaired) electrons. The molecule has 0 N–H and O–H groups in total. The molecule has 5 aliphatic rings. The molecular weight excluding hydrogens is 338 g/mol. The summed E-state index contributed by atoms with van der Waals surface area (Å²) in [5.41, 5.74) is 2.62. The van der Waals surface area contributed by atoms with Crippen LogP contribution in [0, 0.1) is 17.8 Å². The standard InChI is InChI=1S/C23H29NO3/c1-13-10-16-17-11-15-6-7-18(26-2)21-19(15)23(16,22(27-21)20(13)25)8-9-24(17)12-14-4-3-5-14/h6-7,13-14,16-17,22H,3-5,8-12H2,1-2H3/t13?,16-,17+,22?,23-/m0/s1. The van der Waals surface area contributed by atoms with Gasteiger partial charge in [0.15, 0.2) is 23.4 Å². The van der Waals surface area contributed by atoms with Gasteiger partial charge in [0.2, 0.25) is 0 Å². The molecule has 2 aliphatic heterocycles. The maximum Gasteiger partial charge on any atom is 0.177 e. The maximum atomic E-state index is 13.2. The molecule has 4 nitrogen and oxygen atoms in total. The Morgan fingerprint density at radius 1 is 1.33 bits per heavy atom. The molecule has 2 heterocycles. The first kappa shape index (κ1) is 16.4. The van der Waals surface area contributed by atoms with Gasteiger partial charge in [-0.15, -0.1) is 0 Å². The molecule has 27 heavy (non-hydrogen) atoms. The van der Waals surface area contributed by atoms with E-state index in [0.29, 0.717) is 17.7 Å². The van der Waals surface area contributed by atoms with Crippen molar-refractivity contribution in [1.82, 2.24) is 4.90 Å². The average Bonchev–Trinajstić information content (AvgIpc) is 2.97. The number of hydrogen-bond donors (Lipinski definition) is 0. The fourth-order valence-electron chi connectivity index (χ4n) is 7.00. The van der Waals surface area contributed by atoms with Crippen molar-refractivity contribution >= 4 is 5.78 Å². The maximum absolute atomic E-state index is 13.2. The zero-order chi connectivity index (χ0) is 18.3. The highest BCUT2D eigenvalue weighted by Gasteiger charge is 2.67. The molecule has 1 aromatic rings. The zero-order valence-corrected chi connectivity index (χ0v) is 16.4. The number of carbonyl (C=O) groups is 1. The van der Waals surface area contributed by atoms with E-state index in [2.05, 4.69) is 17.9 Å². The summed E-state index contributed by atoms with van der Waals surface area (Å²) in [5, 5.41) is 0. The van der Waals surface area contributed by atoms with Gasteiger partial charge in [-0.05, 0) is 62.1 Å². The van der Waals surface area contributed by atoms with Crippen LogP contribution < -0.4 is 9.47 Å². The summed E-state index contributed by atoms with van der Waals surface area (Å²) < 4.78 is 12.1. The van der Waals surface area contributed by atoms with Crippen LogP contribution in [0.15, 0.2) is 12.1 Å². The third kappa shape index (κ3) is 1.95. The molecule has 2 saturated carbocycles. The number of ketones is 1. The Morgan fingerprint density at radius 2 is 2.19 bits per heavy atom. The number of piperidine rings is 1. The predicted molar refractivity (Wildman–Crippen MR) is 102 cm³/mol. The average molecular weight is 367 g/mol. The van der Waals surface area contributed by atoms with Crippen molar-refractivity contribution in [3.63, 3.8) is 0 Å². The molecule has 3 fully saturated rings. The fourth-order valence-corrected chi connectivity index (χ4v) is 7.00. The summed E-state index contributed by atoms with van der Waals surface area (Å²) in [7, 11) is 1.70. The third-order valence-electron chi connectivity index (χ3n) is 8.50. The highest BCUT2D eigenvalue weighted by Crippen LogP contribution is 2.64. The van der Waals surface area contributed by atoms with Gasteiger partial charge in [0.1, 0.15) is 0 Å². The molecule has 3 aliphatic carbocycles. The van der Waals surface area contributed by atoms with Crippen LogP contribution in [0.5, 0.6) is 11.5 Å². The van der Waals surface area contributed by atoms with E-state index in [1.165, 1.54) is 36.9 Å². The van der Waals surface area contributed by atoms with Crippen LogP contribution in [0.4, 0.5) is 0 Å². The lowest BCUT2D eigenvalue weighted by Gasteiger charge is -2.59. The monoisotopic (exact) mass is 367 g/mol. The number of ether oxygens (including phenoxy) is 2. The van der Waals surface area contributed by atoms with Crippen LogP contribution in [0.3, 0.4) is 0 Å². The van der Waals surface area contributed by atoms with E-state index in [1.807, 2.05) is 6.07 Å². The molecule has 0 aromatic heterocycles. The minimum atomic E-state index is -0.301. The topological polar surface area (TPSA) is 38.8 Å². The fraction of sp³-hybridized carbons (Fsp3) is 0.696. The second-order valence-electron chi connectivity index (χ2n) is 9.63. The summed E-state index contributed by atoms with van der Waals surface area (Å²) in [4.78, 5) is 16.0. The van der Waals surface area contributed by atoms with E-state index in [9.17, 15) is 4.79 Å². The van der Waals surface area contributed by atoms with Gasteiger partial charge in [0.25, 0.3) is 0 Å². The van der Waals surface area contributed by atoms with Gasteiger partial charge >= 0.3 is 0 Å². The van der Waals surface area contributed by atoms with Crippen LogP contribution in [-0.2, 0) is 16.6 Å². The van der Waals surface area contributed by atoms with E-state index in [-0.39, 0.29) is 17.4 Å². The number of hydrogen-bond acceptors (Lipinski definition) is 4. The largest absolute Gasteiger partial charge is 0.493 e. The summed E-state index contributed by atoms with van der Waals surface area (Å²) in [5.74, 6) is 3.50. The number of nitrogens with zero attached hydrogens (tertiary/aromatic N) is 1. The molecule has 6 rings (SSSR count). The van der Waals surface area contributed by atoms with Crippen molar-refractivity contribution in [1.29, 1.82) is 0 Å². The van der Waals surface area contributed by atoms with Gasteiger partial charge in [0.05, 0.1) is 7.11 Å². The van der Waals surface area contributed by atoms with E-state index in [0.717, 1.165) is 43.2 Å². The van der Waals surface area contributed by atoms with Gasteiger partial charge in [-0.1, -0.05) is 19.4 Å². The van der Waals surface area contributed by atoms with E-state index in [1.54, 1.807) is 7.11 Å². The molecule has 2 unspecified atom stereocenters. The number of methoxy groups -OCH3 is 1. The van der Waals surface area contributed by atoms with Crippen molar-refractivity contribution in [3.8, 4) is 11.5 Å². The second kappa shape index (κ2) is 5.50. The van der Waals surface area contributed by atoms with Crippen LogP contribution in [0.1, 0.15) is 50.2 Å². The number of Topliss-reactive ketones (excluding diaryl/α,β-unsaturated/α-hetero) is 1. The molecule has 1 aromatic carbocycles. The van der Waals surface area contributed by atoms with E-state index < -0.39 is 0 Å². The Balaban J connectivity index is 1.49. The van der Waals surface area contributed by atoms with Crippen molar-refractivity contribution in [2.45, 2.75) is 63.0 Å². The van der Waals surface area contributed by atoms with Gasteiger partial charge in [-0.2, -0.15) is 0 Å². The normalized spacial score (nSPS) is 39.6. The van der Waals surface area contributed by atoms with Crippen molar-refractivity contribution in [2.24, 2.45) is 17.8 Å². The van der Waals surface area contributed by atoms with Crippen LogP contribution in [-0.4, -0.2) is 43.0 Å². The first-order valence-corrected chi connectivity index (χ1v) is 10.8. The summed E-state index contributed by atoms with van der Waals surface area (Å²) in [6.45, 7) is 4.47. The Labute approximate surface area is 161 Å². The Hall–Kier alpha value is -1.55. The van der Waals surface area contributed by atoms with Gasteiger partial charge in [-0.25, -0.2) is 0 Å². The number of likely N-dealkylation sites (tertiary alicyclic amines) is 1. The van der Waals surface area contributed by atoms with E-state index in [4.69, 9.17) is 9.47 Å². The number of rotatable bonds is 3. The molecule has 144 valence electrons. The lowest BCUT2D eigenvalue weighted by Crippen LogP contribution is -2.67. The zero-order valence-electron chi connectivity index (χ0n) is 16.4. The Morgan fingerprint density at radius 3 is 2.93 bits per heavy atom. The minimum Gasteiger partial charge on any atom is -0.493 e. The number of benzene rings is 1. The Kier molecular flexibility index (Phi) is 3.34. The van der Waals surface area contributed by atoms with Crippen LogP contribution in [0.25, 0.3) is 0 Å². The van der Waals surface area contributed by atoms with E-state index >= 15 is 0 Å². The SMILES string of the molecule is COc1ccc2c3c1OC1C(=O)C(C)C[C@H]4[C@@H](C2)N(CC2CCC2)CC[C@]314. The molecular formula is C23H29NO3. The van der Waals surface area contributed by atoms with Crippen molar-refractivity contribution < 1.29 is 14.3 Å². The molecule has 5 atom stereocenters. The van der Waals surface area contributed by atoms with Crippen LogP contribution >= 0.6 is 0 Å². The molecule has 0 amide bonds. The third-order valence-corrected chi connectivity index (χ3v) is 8.50. The summed E-state index contributed by atoms with van der Waals surface area (Å²) in [6, 6.07) is 4.85. The second-order valence-corrected chi connectivity index (χ2v) is 9.63. The number of carbonyl (C=O) groups excluding carboxylic acids is 1. The summed E-state index contributed by atoms with van der Waals surface area (Å²) in [6.07, 6.45) is 7.07. The van der Waals surface area contributed by atoms with Gasteiger partial charge in [-0.3, -0.25) is 9.69 Å². The first-order valence-electron chi connectivity index (χ1n) is 10.8. The van der Waals surface area contributed by atoms with Crippen molar-refractivity contribution in [2.75, 3.05) is 20.2 Å². The first-order chi connectivity index (χ1) is 13.1. The predicted octanol–water partition coefficient (Wildman–Crippen LogP) is 3.35. The van der Waals surface area contributed by atoms with Gasteiger partial charge < -0.3 is 9.47 Å². The molecule has 2 bridgehead atoms. The molecule has 1 saturated heterocycles. The lowest BCUT2D eigenvalue weighted by molar-refractivity contribution is -0.145. The van der Waals surface area contributed by atoms with Crippen LogP contribution in [0.2, 0.25) is 0 Å². The smallest absolute Gasteiger partial charge is 0.177 e. The molecule has 1 spiro atoms. The highest BCUT2D eigenvalue weighted by molar-refractivity contribution is 5.90. The lowest BCUT2D eigenvalue weighted by atomic mass is 9.50. The van der Waals surface area contributed by atoms with Crippen molar-refractivity contribution in [3.05, 3.63) is 23.3 Å². The highest BCUT2D eigenvalue weighted by atomic mass is 16.5. The molecule has 4 heteroatoms.